The molecule has 0 atom stereocenters. The van der Waals surface area contributed by atoms with Crippen molar-refractivity contribution in [1.82, 2.24) is 10.5 Å². The van der Waals surface area contributed by atoms with Gasteiger partial charge in [-0.15, -0.1) is 0 Å². The second-order valence-electron chi connectivity index (χ2n) is 3.78. The predicted molar refractivity (Wildman–Crippen MR) is 65.9 cm³/mol. The predicted octanol–water partition coefficient (Wildman–Crippen LogP) is 3.17. The molecule has 0 saturated heterocycles. The molecule has 0 radical (unpaired) electrons. The molecule has 0 saturated carbocycles. The van der Waals surface area contributed by atoms with Crippen LogP contribution in [0.2, 0.25) is 0 Å². The van der Waals surface area contributed by atoms with Gasteiger partial charge in [-0.05, 0) is 40.5 Å². The number of aryl methyl sites for hydroxylation is 1. The number of nitrogens with one attached hydrogen (secondary N) is 1. The van der Waals surface area contributed by atoms with Gasteiger partial charge in [0.25, 0.3) is 0 Å². The van der Waals surface area contributed by atoms with E-state index in [4.69, 9.17) is 4.52 Å². The number of rotatable bonds is 4. The third-order valence-electron chi connectivity index (χ3n) is 2.30. The molecule has 0 unspecified atom stereocenters. The molecule has 0 aliphatic heterocycles. The van der Waals surface area contributed by atoms with Crippen molar-refractivity contribution in [3.8, 4) is 0 Å². The maximum Gasteiger partial charge on any atom is 0.137 e. The molecule has 5 heteroatoms. The number of aromatic nitrogens is 1. The molecule has 0 spiro atoms. The fourth-order valence-corrected chi connectivity index (χ4v) is 1.91. The van der Waals surface area contributed by atoms with Crippen molar-refractivity contribution in [3.63, 3.8) is 0 Å². The van der Waals surface area contributed by atoms with Gasteiger partial charge in [0.1, 0.15) is 11.6 Å². The van der Waals surface area contributed by atoms with Crippen LogP contribution in [0.3, 0.4) is 0 Å². The molecule has 1 aromatic heterocycles. The summed E-state index contributed by atoms with van der Waals surface area (Å²) < 4.78 is 18.4. The Balaban J connectivity index is 1.87. The average Bonchev–Trinajstić information content (AvgIpc) is 2.70. The van der Waals surface area contributed by atoms with Crippen LogP contribution in [0.1, 0.15) is 17.0 Å². The largest absolute Gasteiger partial charge is 0.361 e. The van der Waals surface area contributed by atoms with Crippen molar-refractivity contribution in [3.05, 3.63) is 51.6 Å². The quantitative estimate of drug-likeness (QED) is 0.942. The fourth-order valence-electron chi connectivity index (χ4n) is 1.49. The van der Waals surface area contributed by atoms with Crippen molar-refractivity contribution < 1.29 is 8.91 Å². The Labute approximate surface area is 107 Å². The van der Waals surface area contributed by atoms with Crippen molar-refractivity contribution >= 4 is 15.9 Å². The standard InChI is InChI=1S/C12H12BrFN2O/c1-8-4-10(16-17-8)7-15-6-9-2-3-12(14)11(13)5-9/h2-5,15H,6-7H2,1H3. The van der Waals surface area contributed by atoms with Gasteiger partial charge in [-0.25, -0.2) is 4.39 Å². The third-order valence-corrected chi connectivity index (χ3v) is 2.90. The molecule has 0 bridgehead atoms. The zero-order chi connectivity index (χ0) is 12.3. The minimum absolute atomic E-state index is 0.249. The Kier molecular flexibility index (Phi) is 3.91. The highest BCUT2D eigenvalue weighted by molar-refractivity contribution is 9.10. The zero-order valence-corrected chi connectivity index (χ0v) is 10.9. The van der Waals surface area contributed by atoms with Gasteiger partial charge in [0.15, 0.2) is 0 Å². The summed E-state index contributed by atoms with van der Waals surface area (Å²) in [5, 5.41) is 7.08. The molecule has 1 aromatic carbocycles. The van der Waals surface area contributed by atoms with E-state index in [9.17, 15) is 4.39 Å². The number of hydrogen-bond donors (Lipinski definition) is 1. The van der Waals surface area contributed by atoms with E-state index in [2.05, 4.69) is 26.4 Å². The summed E-state index contributed by atoms with van der Waals surface area (Å²) >= 11 is 3.16. The monoisotopic (exact) mass is 298 g/mol. The van der Waals surface area contributed by atoms with Crippen LogP contribution in [0.5, 0.6) is 0 Å². The molecule has 3 nitrogen and oxygen atoms in total. The normalized spacial score (nSPS) is 10.8. The van der Waals surface area contributed by atoms with Crippen LogP contribution in [-0.2, 0) is 13.1 Å². The Hall–Kier alpha value is -1.20. The highest BCUT2D eigenvalue weighted by Gasteiger charge is 2.02. The lowest BCUT2D eigenvalue weighted by Gasteiger charge is -2.03. The molecular weight excluding hydrogens is 287 g/mol. The summed E-state index contributed by atoms with van der Waals surface area (Å²) in [4.78, 5) is 0. The summed E-state index contributed by atoms with van der Waals surface area (Å²) in [6.45, 7) is 3.14. The summed E-state index contributed by atoms with van der Waals surface area (Å²) in [5.41, 5.74) is 1.88. The maximum atomic E-state index is 13.0. The van der Waals surface area contributed by atoms with Crippen LogP contribution >= 0.6 is 15.9 Å². The fraction of sp³-hybridized carbons (Fsp3) is 0.250. The number of hydrogen-bond acceptors (Lipinski definition) is 3. The van der Waals surface area contributed by atoms with Crippen molar-refractivity contribution in [2.45, 2.75) is 20.0 Å². The molecule has 0 amide bonds. The van der Waals surface area contributed by atoms with E-state index in [0.29, 0.717) is 17.6 Å². The van der Waals surface area contributed by atoms with E-state index in [1.165, 1.54) is 6.07 Å². The van der Waals surface area contributed by atoms with E-state index >= 15 is 0 Å². The molecule has 1 N–H and O–H groups in total. The molecule has 2 rings (SSSR count). The van der Waals surface area contributed by atoms with Gasteiger partial charge in [-0.3, -0.25) is 0 Å². The molecule has 17 heavy (non-hydrogen) atoms. The average molecular weight is 299 g/mol. The number of nitrogens with zero attached hydrogens (tertiary/aromatic N) is 1. The molecule has 1 heterocycles. The van der Waals surface area contributed by atoms with Gasteiger partial charge in [0.2, 0.25) is 0 Å². The first kappa shape index (κ1) is 12.3. The van der Waals surface area contributed by atoms with E-state index in [1.807, 2.05) is 13.0 Å². The Bertz CT molecular complexity index is 513. The second-order valence-corrected chi connectivity index (χ2v) is 4.64. The van der Waals surface area contributed by atoms with Crippen LogP contribution in [0.4, 0.5) is 4.39 Å². The van der Waals surface area contributed by atoms with E-state index in [0.717, 1.165) is 17.0 Å². The number of benzene rings is 1. The van der Waals surface area contributed by atoms with Crippen molar-refractivity contribution in [2.75, 3.05) is 0 Å². The molecule has 0 aliphatic carbocycles. The van der Waals surface area contributed by atoms with Gasteiger partial charge < -0.3 is 9.84 Å². The lowest BCUT2D eigenvalue weighted by molar-refractivity contribution is 0.388. The lowest BCUT2D eigenvalue weighted by atomic mass is 10.2. The molecule has 90 valence electrons. The van der Waals surface area contributed by atoms with E-state index in [1.54, 1.807) is 12.1 Å². The van der Waals surface area contributed by atoms with Gasteiger partial charge in [-0.2, -0.15) is 0 Å². The SMILES string of the molecule is Cc1cc(CNCc2ccc(F)c(Br)c2)no1. The van der Waals surface area contributed by atoms with Gasteiger partial charge in [0, 0.05) is 19.2 Å². The van der Waals surface area contributed by atoms with E-state index < -0.39 is 0 Å². The zero-order valence-electron chi connectivity index (χ0n) is 9.34. The minimum Gasteiger partial charge on any atom is -0.361 e. The summed E-state index contributed by atoms with van der Waals surface area (Å²) in [7, 11) is 0. The first-order valence-electron chi connectivity index (χ1n) is 5.22. The Morgan fingerprint density at radius 1 is 1.35 bits per heavy atom. The molecule has 0 aliphatic rings. The summed E-state index contributed by atoms with van der Waals surface area (Å²) in [5.74, 6) is 0.548. The second kappa shape index (κ2) is 5.42. The molecule has 2 aromatic rings. The van der Waals surface area contributed by atoms with Gasteiger partial charge >= 0.3 is 0 Å². The van der Waals surface area contributed by atoms with Crippen LogP contribution < -0.4 is 5.32 Å². The topological polar surface area (TPSA) is 38.1 Å². The van der Waals surface area contributed by atoms with Crippen LogP contribution in [0.25, 0.3) is 0 Å². The first-order valence-corrected chi connectivity index (χ1v) is 6.01. The highest BCUT2D eigenvalue weighted by Crippen LogP contribution is 2.16. The number of halogens is 2. The van der Waals surface area contributed by atoms with E-state index in [-0.39, 0.29) is 5.82 Å². The maximum absolute atomic E-state index is 13.0. The molecular formula is C12H12BrFN2O. The van der Waals surface area contributed by atoms with Crippen molar-refractivity contribution in [1.29, 1.82) is 0 Å². The van der Waals surface area contributed by atoms with Crippen molar-refractivity contribution in [2.24, 2.45) is 0 Å². The lowest BCUT2D eigenvalue weighted by Crippen LogP contribution is -2.12. The summed E-state index contributed by atoms with van der Waals surface area (Å²) in [6, 6.07) is 6.84. The van der Waals surface area contributed by atoms with Crippen LogP contribution in [0, 0.1) is 12.7 Å². The van der Waals surface area contributed by atoms with Crippen LogP contribution in [0.15, 0.2) is 33.3 Å². The summed E-state index contributed by atoms with van der Waals surface area (Å²) in [6.07, 6.45) is 0. The third kappa shape index (κ3) is 3.38. The van der Waals surface area contributed by atoms with Crippen LogP contribution in [-0.4, -0.2) is 5.16 Å². The Morgan fingerprint density at radius 2 is 2.18 bits per heavy atom. The first-order chi connectivity index (χ1) is 8.15. The minimum atomic E-state index is -0.249. The van der Waals surface area contributed by atoms with Gasteiger partial charge in [0.05, 0.1) is 10.2 Å². The van der Waals surface area contributed by atoms with Gasteiger partial charge in [-0.1, -0.05) is 11.2 Å². The molecule has 0 fully saturated rings. The Morgan fingerprint density at radius 3 is 2.82 bits per heavy atom. The smallest absolute Gasteiger partial charge is 0.137 e. The highest BCUT2D eigenvalue weighted by atomic mass is 79.9.